The Bertz CT molecular complexity index is 741. The average molecular weight is 377 g/mol. The number of fused-ring (bicyclic) bond motifs is 1. The Labute approximate surface area is 142 Å². The van der Waals surface area contributed by atoms with Gasteiger partial charge in [0, 0.05) is 22.9 Å². The van der Waals surface area contributed by atoms with Gasteiger partial charge in [-0.1, -0.05) is 28.1 Å². The fraction of sp³-hybridized carbons (Fsp3) is 0.375. The Kier molecular flexibility index (Phi) is 3.55. The summed E-state index contributed by atoms with van der Waals surface area (Å²) in [6.45, 7) is 4.83. The molecule has 1 saturated heterocycles. The summed E-state index contributed by atoms with van der Waals surface area (Å²) >= 11 is 5.29. The summed E-state index contributed by atoms with van der Waals surface area (Å²) in [4.78, 5) is 12.0. The van der Waals surface area contributed by atoms with E-state index >= 15 is 0 Å². The van der Waals surface area contributed by atoms with E-state index in [9.17, 15) is 0 Å². The fourth-order valence-electron chi connectivity index (χ4n) is 3.30. The monoisotopic (exact) mass is 376 g/mol. The van der Waals surface area contributed by atoms with Crippen molar-refractivity contribution in [2.75, 3.05) is 19.8 Å². The zero-order chi connectivity index (χ0) is 15.2. The molecule has 1 unspecified atom stereocenters. The minimum atomic E-state index is -0.422. The van der Waals surface area contributed by atoms with Crippen molar-refractivity contribution < 1.29 is 0 Å². The predicted molar refractivity (Wildman–Crippen MR) is 93.4 cm³/mol. The Hall–Kier alpha value is -1.24. The molecule has 1 aromatic heterocycles. The van der Waals surface area contributed by atoms with Crippen LogP contribution in [-0.2, 0) is 5.54 Å². The molecule has 1 fully saturated rings. The van der Waals surface area contributed by atoms with E-state index in [0.717, 1.165) is 47.2 Å². The number of aryl methyl sites for hydroxylation is 1. The minimum absolute atomic E-state index is 0.422. The molecule has 3 heterocycles. The van der Waals surface area contributed by atoms with E-state index in [4.69, 9.17) is 9.98 Å². The van der Waals surface area contributed by atoms with Crippen LogP contribution in [0.5, 0.6) is 0 Å². The lowest BCUT2D eigenvalue weighted by Crippen LogP contribution is -2.46. The Morgan fingerprint density at radius 3 is 3.09 bits per heavy atom. The quantitative estimate of drug-likeness (QED) is 0.874. The predicted octanol–water partition coefficient (Wildman–Crippen LogP) is 3.12. The molecule has 4 rings (SSSR count). The second kappa shape index (κ2) is 5.44. The van der Waals surface area contributed by atoms with Crippen molar-refractivity contribution in [3.8, 4) is 0 Å². The highest BCUT2D eigenvalue weighted by Gasteiger charge is 2.49. The van der Waals surface area contributed by atoms with Crippen molar-refractivity contribution in [2.24, 2.45) is 4.99 Å². The molecule has 1 atom stereocenters. The summed E-state index contributed by atoms with van der Waals surface area (Å²) in [6.07, 6.45) is 1.12. The molecule has 2 aliphatic heterocycles. The molecule has 0 spiro atoms. The van der Waals surface area contributed by atoms with Gasteiger partial charge in [0.15, 0.2) is 0 Å². The van der Waals surface area contributed by atoms with Crippen LogP contribution < -0.4 is 5.32 Å². The number of aliphatic imine (C=N–C) groups is 1. The number of nitrogens with zero attached hydrogens (tertiary/aromatic N) is 3. The largest absolute Gasteiger partial charge is 0.345 e. The highest BCUT2D eigenvalue weighted by atomic mass is 79.9. The van der Waals surface area contributed by atoms with Crippen molar-refractivity contribution in [3.63, 3.8) is 0 Å². The molecule has 0 bridgehead atoms. The number of hydrogen-bond acceptors (Lipinski definition) is 5. The number of nitrogens with one attached hydrogen (secondary N) is 1. The van der Waals surface area contributed by atoms with E-state index in [1.807, 2.05) is 0 Å². The Morgan fingerprint density at radius 1 is 1.41 bits per heavy atom. The van der Waals surface area contributed by atoms with Crippen LogP contribution in [0.2, 0.25) is 0 Å². The lowest BCUT2D eigenvalue weighted by Gasteiger charge is -2.32. The molecule has 22 heavy (non-hydrogen) atoms. The number of amidine groups is 1. The van der Waals surface area contributed by atoms with E-state index in [1.165, 1.54) is 5.56 Å². The van der Waals surface area contributed by atoms with Crippen LogP contribution in [0.3, 0.4) is 0 Å². The smallest absolute Gasteiger partial charge is 0.147 e. The molecule has 114 valence electrons. The molecule has 1 aromatic carbocycles. The van der Waals surface area contributed by atoms with Crippen LogP contribution in [0.25, 0.3) is 0 Å². The van der Waals surface area contributed by atoms with Crippen molar-refractivity contribution in [2.45, 2.75) is 18.9 Å². The number of benzene rings is 1. The summed E-state index contributed by atoms with van der Waals surface area (Å²) in [7, 11) is 0. The van der Waals surface area contributed by atoms with Gasteiger partial charge in [0.2, 0.25) is 0 Å². The molecule has 4 nitrogen and oxygen atoms in total. The number of aromatic nitrogens is 1. The van der Waals surface area contributed by atoms with Crippen molar-refractivity contribution >= 4 is 33.1 Å². The fourth-order valence-corrected chi connectivity index (χ4v) is 4.36. The molecule has 6 heteroatoms. The zero-order valence-corrected chi connectivity index (χ0v) is 14.7. The van der Waals surface area contributed by atoms with Gasteiger partial charge in [-0.15, -0.1) is 11.3 Å². The summed E-state index contributed by atoms with van der Waals surface area (Å²) in [6, 6.07) is 8.46. The second-order valence-corrected chi connectivity index (χ2v) is 7.65. The standard InChI is InChI=1S/C16H17BrN4S/c1-11-20-14(9-22-11)16(12-4-2-5-13(17)8-12)15-18-6-3-7-21(15)10-19-16/h2,4-5,8-9,19H,3,6-7,10H2,1H3. The highest BCUT2D eigenvalue weighted by molar-refractivity contribution is 9.10. The summed E-state index contributed by atoms with van der Waals surface area (Å²) in [5, 5.41) is 6.94. The first kappa shape index (κ1) is 14.4. The van der Waals surface area contributed by atoms with Gasteiger partial charge in [0.05, 0.1) is 17.4 Å². The van der Waals surface area contributed by atoms with Crippen LogP contribution in [-0.4, -0.2) is 35.5 Å². The van der Waals surface area contributed by atoms with E-state index in [-0.39, 0.29) is 0 Å². The Balaban J connectivity index is 1.94. The van der Waals surface area contributed by atoms with Gasteiger partial charge >= 0.3 is 0 Å². The third-order valence-electron chi connectivity index (χ3n) is 4.28. The lowest BCUT2D eigenvalue weighted by atomic mass is 9.86. The van der Waals surface area contributed by atoms with Crippen LogP contribution in [0, 0.1) is 6.92 Å². The topological polar surface area (TPSA) is 40.5 Å². The van der Waals surface area contributed by atoms with Gasteiger partial charge in [0.25, 0.3) is 0 Å². The number of rotatable bonds is 2. The maximum absolute atomic E-state index is 4.87. The van der Waals surface area contributed by atoms with Crippen LogP contribution >= 0.6 is 27.3 Å². The van der Waals surface area contributed by atoms with Crippen LogP contribution in [0.1, 0.15) is 22.7 Å². The maximum atomic E-state index is 4.87. The van der Waals surface area contributed by atoms with Crippen LogP contribution in [0.15, 0.2) is 39.1 Å². The van der Waals surface area contributed by atoms with Gasteiger partial charge in [0.1, 0.15) is 11.4 Å². The van der Waals surface area contributed by atoms with Crippen molar-refractivity contribution in [1.82, 2.24) is 15.2 Å². The second-order valence-electron chi connectivity index (χ2n) is 5.67. The number of thiazole rings is 1. The van der Waals surface area contributed by atoms with E-state index in [0.29, 0.717) is 0 Å². The molecular formula is C16H17BrN4S. The Morgan fingerprint density at radius 2 is 2.32 bits per heavy atom. The molecule has 0 amide bonds. The van der Waals surface area contributed by atoms with Gasteiger partial charge in [-0.3, -0.25) is 10.3 Å². The highest BCUT2D eigenvalue weighted by Crippen LogP contribution is 2.38. The first-order chi connectivity index (χ1) is 10.7. The molecule has 1 N–H and O–H groups in total. The number of halogens is 1. The van der Waals surface area contributed by atoms with Crippen molar-refractivity contribution in [3.05, 3.63) is 50.4 Å². The molecular weight excluding hydrogens is 360 g/mol. The first-order valence-electron chi connectivity index (χ1n) is 7.44. The van der Waals surface area contributed by atoms with Gasteiger partial charge in [-0.2, -0.15) is 0 Å². The van der Waals surface area contributed by atoms with Gasteiger partial charge in [-0.05, 0) is 31.0 Å². The van der Waals surface area contributed by atoms with Crippen LogP contribution in [0.4, 0.5) is 0 Å². The summed E-state index contributed by atoms with van der Waals surface area (Å²) in [5.74, 6) is 1.11. The lowest BCUT2D eigenvalue weighted by molar-refractivity contribution is 0.409. The molecule has 0 aliphatic carbocycles. The molecule has 0 saturated carbocycles. The zero-order valence-electron chi connectivity index (χ0n) is 12.3. The normalized spacial score (nSPS) is 24.3. The van der Waals surface area contributed by atoms with Crippen molar-refractivity contribution in [1.29, 1.82) is 0 Å². The summed E-state index contributed by atoms with van der Waals surface area (Å²) in [5.41, 5.74) is 1.82. The maximum Gasteiger partial charge on any atom is 0.147 e. The molecule has 0 radical (unpaired) electrons. The van der Waals surface area contributed by atoms with E-state index in [1.54, 1.807) is 11.3 Å². The van der Waals surface area contributed by atoms with E-state index in [2.05, 4.69) is 62.7 Å². The average Bonchev–Trinajstić information content (AvgIpc) is 3.12. The molecule has 2 aromatic rings. The third-order valence-corrected chi connectivity index (χ3v) is 5.55. The third kappa shape index (κ3) is 2.13. The first-order valence-corrected chi connectivity index (χ1v) is 9.11. The minimum Gasteiger partial charge on any atom is -0.345 e. The summed E-state index contributed by atoms with van der Waals surface area (Å²) < 4.78 is 1.08. The SMILES string of the molecule is Cc1nc(C2(c3cccc(Br)c3)NCN3CCCN=C32)cs1. The van der Waals surface area contributed by atoms with Gasteiger partial charge < -0.3 is 4.90 Å². The van der Waals surface area contributed by atoms with Gasteiger partial charge in [-0.25, -0.2) is 4.98 Å². The number of hydrogen-bond donors (Lipinski definition) is 1. The molecule has 2 aliphatic rings. The van der Waals surface area contributed by atoms with E-state index < -0.39 is 5.54 Å².